The number of aryl methyl sites for hydroxylation is 1. The Labute approximate surface area is 117 Å². The van der Waals surface area contributed by atoms with Crippen molar-refractivity contribution in [3.63, 3.8) is 0 Å². The lowest BCUT2D eigenvalue weighted by Crippen LogP contribution is -2.08. The summed E-state index contributed by atoms with van der Waals surface area (Å²) < 4.78 is 10.6. The predicted molar refractivity (Wildman–Crippen MR) is 75.4 cm³/mol. The third-order valence-corrected chi connectivity index (χ3v) is 2.65. The Balaban J connectivity index is 2.01. The van der Waals surface area contributed by atoms with Gasteiger partial charge in [0.1, 0.15) is 18.1 Å². The monoisotopic (exact) mass is 277 g/mol. The van der Waals surface area contributed by atoms with Crippen LogP contribution in [-0.2, 0) is 6.61 Å². The molecule has 2 heterocycles. The lowest BCUT2D eigenvalue weighted by Gasteiger charge is -2.11. The van der Waals surface area contributed by atoms with Crippen LogP contribution in [0.15, 0.2) is 16.8 Å². The molecule has 0 bridgehead atoms. The maximum atomic E-state index is 5.66. The first-order valence-corrected chi connectivity index (χ1v) is 6.60. The highest BCUT2D eigenvalue weighted by Crippen LogP contribution is 2.22. The SMILES string of the molecule is CCCCNc1nc(N)ncc1OCc1cc(C)on1. The molecule has 0 amide bonds. The standard InChI is InChI=1S/C13H19N5O2/c1-3-4-5-15-12-11(7-16-13(14)17-12)19-8-10-6-9(2)20-18-10/h6-7H,3-5,8H2,1-2H3,(H3,14,15,16,17). The normalized spacial score (nSPS) is 10.5. The molecule has 0 saturated carbocycles. The van der Waals surface area contributed by atoms with Crippen LogP contribution in [0, 0.1) is 6.92 Å². The molecule has 20 heavy (non-hydrogen) atoms. The molecular formula is C13H19N5O2. The maximum Gasteiger partial charge on any atom is 0.222 e. The van der Waals surface area contributed by atoms with E-state index < -0.39 is 0 Å². The molecule has 108 valence electrons. The summed E-state index contributed by atoms with van der Waals surface area (Å²) in [6, 6.07) is 1.82. The molecule has 0 aliphatic carbocycles. The number of ether oxygens (including phenoxy) is 1. The van der Waals surface area contributed by atoms with E-state index in [1.165, 1.54) is 0 Å². The summed E-state index contributed by atoms with van der Waals surface area (Å²) in [6.45, 7) is 5.07. The average Bonchev–Trinajstić information content (AvgIpc) is 2.84. The molecule has 2 rings (SSSR count). The van der Waals surface area contributed by atoms with Crippen molar-refractivity contribution in [2.75, 3.05) is 17.6 Å². The van der Waals surface area contributed by atoms with E-state index in [9.17, 15) is 0 Å². The van der Waals surface area contributed by atoms with Crippen molar-refractivity contribution in [1.82, 2.24) is 15.1 Å². The van der Waals surface area contributed by atoms with Crippen molar-refractivity contribution in [1.29, 1.82) is 0 Å². The van der Waals surface area contributed by atoms with Gasteiger partial charge in [0.2, 0.25) is 5.95 Å². The fourth-order valence-corrected chi connectivity index (χ4v) is 1.64. The van der Waals surface area contributed by atoms with Crippen LogP contribution in [0.1, 0.15) is 31.2 Å². The zero-order valence-corrected chi connectivity index (χ0v) is 11.7. The van der Waals surface area contributed by atoms with Crippen LogP contribution >= 0.6 is 0 Å². The van der Waals surface area contributed by atoms with Gasteiger partial charge in [-0.2, -0.15) is 4.98 Å². The second kappa shape index (κ2) is 6.74. The lowest BCUT2D eigenvalue weighted by atomic mass is 10.3. The zero-order chi connectivity index (χ0) is 14.4. The van der Waals surface area contributed by atoms with Gasteiger partial charge in [-0.15, -0.1) is 0 Å². The molecule has 0 fully saturated rings. The van der Waals surface area contributed by atoms with Crippen molar-refractivity contribution in [3.05, 3.63) is 23.7 Å². The Morgan fingerprint density at radius 1 is 1.45 bits per heavy atom. The molecular weight excluding hydrogens is 258 g/mol. The zero-order valence-electron chi connectivity index (χ0n) is 11.7. The molecule has 0 atom stereocenters. The summed E-state index contributed by atoms with van der Waals surface area (Å²) in [5, 5.41) is 7.06. The number of hydrogen-bond donors (Lipinski definition) is 2. The maximum absolute atomic E-state index is 5.66. The summed E-state index contributed by atoms with van der Waals surface area (Å²) in [6.07, 6.45) is 3.71. The number of nitrogens with two attached hydrogens (primary N) is 1. The molecule has 0 radical (unpaired) electrons. The molecule has 0 spiro atoms. The topological polar surface area (TPSA) is 99.1 Å². The number of nitrogens with one attached hydrogen (secondary N) is 1. The number of hydrogen-bond acceptors (Lipinski definition) is 7. The molecule has 7 nitrogen and oxygen atoms in total. The van der Waals surface area contributed by atoms with E-state index in [1.807, 2.05) is 13.0 Å². The van der Waals surface area contributed by atoms with E-state index in [-0.39, 0.29) is 5.95 Å². The summed E-state index contributed by atoms with van der Waals surface area (Å²) in [4.78, 5) is 8.09. The second-order valence-corrected chi connectivity index (χ2v) is 4.44. The number of anilines is 2. The minimum absolute atomic E-state index is 0.216. The smallest absolute Gasteiger partial charge is 0.222 e. The van der Waals surface area contributed by atoms with E-state index in [4.69, 9.17) is 15.0 Å². The molecule has 7 heteroatoms. The molecule has 2 aromatic heterocycles. The van der Waals surface area contributed by atoms with Crippen molar-refractivity contribution < 1.29 is 9.26 Å². The summed E-state index contributed by atoms with van der Waals surface area (Å²) in [5.41, 5.74) is 6.32. The Bertz CT molecular complexity index is 555. The third-order valence-electron chi connectivity index (χ3n) is 2.65. The van der Waals surface area contributed by atoms with Crippen molar-refractivity contribution in [2.45, 2.75) is 33.3 Å². The minimum atomic E-state index is 0.216. The first-order chi connectivity index (χ1) is 9.69. The van der Waals surface area contributed by atoms with Gasteiger partial charge in [-0.25, -0.2) is 4.98 Å². The molecule has 3 N–H and O–H groups in total. The van der Waals surface area contributed by atoms with Crippen LogP contribution < -0.4 is 15.8 Å². The van der Waals surface area contributed by atoms with Crippen LogP contribution in [0.25, 0.3) is 0 Å². The highest BCUT2D eigenvalue weighted by atomic mass is 16.5. The molecule has 0 aliphatic heterocycles. The molecule has 0 aliphatic rings. The minimum Gasteiger partial charge on any atom is -0.482 e. The summed E-state index contributed by atoms with van der Waals surface area (Å²) in [7, 11) is 0. The van der Waals surface area contributed by atoms with Crippen LogP contribution in [-0.4, -0.2) is 21.7 Å². The van der Waals surface area contributed by atoms with E-state index in [0.717, 1.165) is 30.8 Å². The quantitative estimate of drug-likeness (QED) is 0.748. The Morgan fingerprint density at radius 3 is 3.00 bits per heavy atom. The number of nitrogens with zero attached hydrogens (tertiary/aromatic N) is 3. The average molecular weight is 277 g/mol. The highest BCUT2D eigenvalue weighted by molar-refractivity contribution is 5.51. The number of nitrogen functional groups attached to an aromatic ring is 1. The van der Waals surface area contributed by atoms with Crippen LogP contribution in [0.3, 0.4) is 0 Å². The van der Waals surface area contributed by atoms with Gasteiger partial charge in [0.25, 0.3) is 0 Å². The predicted octanol–water partition coefficient (Wildman–Crippen LogP) is 2.15. The largest absolute Gasteiger partial charge is 0.482 e. The van der Waals surface area contributed by atoms with E-state index in [1.54, 1.807) is 6.20 Å². The molecule has 0 aromatic carbocycles. The molecule has 2 aromatic rings. The Kier molecular flexibility index (Phi) is 4.75. The fraction of sp³-hybridized carbons (Fsp3) is 0.462. The van der Waals surface area contributed by atoms with Crippen molar-refractivity contribution in [2.24, 2.45) is 0 Å². The summed E-state index contributed by atoms with van der Waals surface area (Å²) >= 11 is 0. The van der Waals surface area contributed by atoms with Gasteiger partial charge in [-0.1, -0.05) is 18.5 Å². The van der Waals surface area contributed by atoms with Gasteiger partial charge in [0.15, 0.2) is 11.6 Å². The van der Waals surface area contributed by atoms with E-state index in [0.29, 0.717) is 18.2 Å². The van der Waals surface area contributed by atoms with Crippen molar-refractivity contribution >= 4 is 11.8 Å². The van der Waals surface area contributed by atoms with Crippen LogP contribution in [0.5, 0.6) is 5.75 Å². The van der Waals surface area contributed by atoms with E-state index in [2.05, 4.69) is 27.4 Å². The first-order valence-electron chi connectivity index (χ1n) is 6.60. The Morgan fingerprint density at radius 2 is 2.30 bits per heavy atom. The number of rotatable bonds is 7. The van der Waals surface area contributed by atoms with E-state index >= 15 is 0 Å². The highest BCUT2D eigenvalue weighted by Gasteiger charge is 2.08. The van der Waals surface area contributed by atoms with Gasteiger partial charge in [-0.3, -0.25) is 0 Å². The third kappa shape index (κ3) is 3.84. The number of aromatic nitrogens is 3. The van der Waals surface area contributed by atoms with Gasteiger partial charge < -0.3 is 20.3 Å². The van der Waals surface area contributed by atoms with Gasteiger partial charge in [0.05, 0.1) is 6.20 Å². The van der Waals surface area contributed by atoms with Gasteiger partial charge in [0, 0.05) is 12.6 Å². The second-order valence-electron chi connectivity index (χ2n) is 4.44. The molecule has 0 saturated heterocycles. The number of unbranched alkanes of at least 4 members (excludes halogenated alkanes) is 1. The first kappa shape index (κ1) is 14.1. The van der Waals surface area contributed by atoms with Crippen LogP contribution in [0.4, 0.5) is 11.8 Å². The fourth-order valence-electron chi connectivity index (χ4n) is 1.64. The van der Waals surface area contributed by atoms with Crippen LogP contribution in [0.2, 0.25) is 0 Å². The molecule has 0 unspecified atom stereocenters. The summed E-state index contributed by atoms with van der Waals surface area (Å²) in [5.74, 6) is 2.12. The van der Waals surface area contributed by atoms with Gasteiger partial charge in [-0.05, 0) is 13.3 Å². The Hall–Kier alpha value is -2.31. The van der Waals surface area contributed by atoms with Gasteiger partial charge >= 0.3 is 0 Å². The lowest BCUT2D eigenvalue weighted by molar-refractivity contribution is 0.287. The van der Waals surface area contributed by atoms with Crippen molar-refractivity contribution in [3.8, 4) is 5.75 Å².